The predicted molar refractivity (Wildman–Crippen MR) is 102 cm³/mol. The van der Waals surface area contributed by atoms with Crippen LogP contribution in [0.25, 0.3) is 11.0 Å². The Morgan fingerprint density at radius 2 is 2.07 bits per heavy atom. The number of hydrogen-bond donors (Lipinski definition) is 1. The molecule has 0 bridgehead atoms. The number of benzene rings is 2. The number of para-hydroxylation sites is 2. The van der Waals surface area contributed by atoms with Gasteiger partial charge in [-0.05, 0) is 37.3 Å². The molecule has 4 rings (SSSR count). The lowest BCUT2D eigenvalue weighted by Gasteiger charge is -2.16. The van der Waals surface area contributed by atoms with E-state index in [-0.39, 0.29) is 12.0 Å². The molecule has 0 spiro atoms. The first kappa shape index (κ1) is 17.4. The standard InChI is InChI=1S/C21H21NO5/c1-13-20(16-11-14(24-2)7-8-18(16)26-13)21(23)22-17-5-3-4-6-19(17)27-15-9-10-25-12-15/h3-8,11,15H,9-10,12H2,1-2H3,(H,22,23)/t15-/m0/s1. The van der Waals surface area contributed by atoms with Gasteiger partial charge in [-0.1, -0.05) is 12.1 Å². The molecule has 1 atom stereocenters. The van der Waals surface area contributed by atoms with E-state index in [1.807, 2.05) is 24.3 Å². The van der Waals surface area contributed by atoms with Gasteiger partial charge in [0, 0.05) is 11.8 Å². The monoisotopic (exact) mass is 367 g/mol. The van der Waals surface area contributed by atoms with Crippen LogP contribution in [0.2, 0.25) is 0 Å². The van der Waals surface area contributed by atoms with E-state index in [0.717, 1.165) is 6.42 Å². The summed E-state index contributed by atoms with van der Waals surface area (Å²) in [5.74, 6) is 1.60. The number of hydrogen-bond acceptors (Lipinski definition) is 5. The number of anilines is 1. The number of ether oxygens (including phenoxy) is 3. The molecule has 3 aromatic rings. The van der Waals surface area contributed by atoms with Gasteiger partial charge < -0.3 is 23.9 Å². The maximum absolute atomic E-state index is 13.0. The number of rotatable bonds is 5. The summed E-state index contributed by atoms with van der Waals surface area (Å²) in [6, 6.07) is 12.8. The molecule has 1 amide bonds. The minimum absolute atomic E-state index is 0.00352. The maximum Gasteiger partial charge on any atom is 0.259 e. The second-order valence-corrected chi connectivity index (χ2v) is 6.45. The van der Waals surface area contributed by atoms with Crippen molar-refractivity contribution in [3.05, 3.63) is 53.8 Å². The van der Waals surface area contributed by atoms with Crippen LogP contribution in [0.3, 0.4) is 0 Å². The van der Waals surface area contributed by atoms with E-state index in [9.17, 15) is 4.79 Å². The van der Waals surface area contributed by atoms with Crippen molar-refractivity contribution in [2.75, 3.05) is 25.6 Å². The second-order valence-electron chi connectivity index (χ2n) is 6.45. The van der Waals surface area contributed by atoms with E-state index >= 15 is 0 Å². The Hall–Kier alpha value is -2.99. The molecule has 140 valence electrons. The van der Waals surface area contributed by atoms with E-state index in [1.165, 1.54) is 0 Å². The van der Waals surface area contributed by atoms with Crippen molar-refractivity contribution in [1.82, 2.24) is 0 Å². The Morgan fingerprint density at radius 3 is 2.85 bits per heavy atom. The van der Waals surface area contributed by atoms with Crippen LogP contribution in [0.4, 0.5) is 5.69 Å². The summed E-state index contributed by atoms with van der Waals surface area (Å²) in [6.07, 6.45) is 0.844. The number of carbonyl (C=O) groups excluding carboxylic acids is 1. The molecule has 1 aliphatic rings. The minimum Gasteiger partial charge on any atom is -0.497 e. The van der Waals surface area contributed by atoms with Crippen LogP contribution in [0.1, 0.15) is 22.5 Å². The first-order chi connectivity index (χ1) is 13.2. The fraction of sp³-hybridized carbons (Fsp3) is 0.286. The van der Waals surface area contributed by atoms with E-state index in [2.05, 4.69) is 5.32 Å². The topological polar surface area (TPSA) is 69.9 Å². The highest BCUT2D eigenvalue weighted by atomic mass is 16.5. The van der Waals surface area contributed by atoms with Gasteiger partial charge in [0.2, 0.25) is 0 Å². The molecule has 2 heterocycles. The van der Waals surface area contributed by atoms with Gasteiger partial charge >= 0.3 is 0 Å². The van der Waals surface area contributed by atoms with Gasteiger partial charge in [0.15, 0.2) is 0 Å². The van der Waals surface area contributed by atoms with Gasteiger partial charge in [0.05, 0.1) is 31.6 Å². The molecule has 6 heteroatoms. The maximum atomic E-state index is 13.0. The molecular formula is C21H21NO5. The van der Waals surface area contributed by atoms with Crippen molar-refractivity contribution < 1.29 is 23.4 Å². The van der Waals surface area contributed by atoms with Crippen LogP contribution < -0.4 is 14.8 Å². The second kappa shape index (κ2) is 7.32. The highest BCUT2D eigenvalue weighted by molar-refractivity contribution is 6.13. The molecule has 0 saturated carbocycles. The summed E-state index contributed by atoms with van der Waals surface area (Å²) in [5.41, 5.74) is 1.75. The van der Waals surface area contributed by atoms with Gasteiger partial charge in [-0.15, -0.1) is 0 Å². The molecule has 1 fully saturated rings. The lowest BCUT2D eigenvalue weighted by Crippen LogP contribution is -2.18. The summed E-state index contributed by atoms with van der Waals surface area (Å²) in [7, 11) is 1.59. The largest absolute Gasteiger partial charge is 0.497 e. The van der Waals surface area contributed by atoms with Crippen molar-refractivity contribution in [3.8, 4) is 11.5 Å². The average molecular weight is 367 g/mol. The quantitative estimate of drug-likeness (QED) is 0.733. The molecule has 1 aliphatic heterocycles. The van der Waals surface area contributed by atoms with Crippen LogP contribution in [-0.4, -0.2) is 32.3 Å². The third-order valence-electron chi connectivity index (χ3n) is 4.62. The Labute approximate surface area is 157 Å². The van der Waals surface area contributed by atoms with E-state index in [0.29, 0.717) is 52.7 Å². The Balaban J connectivity index is 1.63. The molecule has 1 N–H and O–H groups in total. The van der Waals surface area contributed by atoms with E-state index in [4.69, 9.17) is 18.6 Å². The fourth-order valence-corrected chi connectivity index (χ4v) is 3.25. The molecule has 0 aliphatic carbocycles. The van der Waals surface area contributed by atoms with E-state index in [1.54, 1.807) is 32.2 Å². The van der Waals surface area contributed by atoms with Crippen molar-refractivity contribution in [2.45, 2.75) is 19.4 Å². The number of aryl methyl sites for hydroxylation is 1. The smallest absolute Gasteiger partial charge is 0.259 e. The molecule has 27 heavy (non-hydrogen) atoms. The van der Waals surface area contributed by atoms with Gasteiger partial charge in [-0.25, -0.2) is 0 Å². The van der Waals surface area contributed by atoms with E-state index < -0.39 is 0 Å². The SMILES string of the molecule is COc1ccc2oc(C)c(C(=O)Nc3ccccc3O[C@H]3CCOC3)c2c1. The number of fused-ring (bicyclic) bond motifs is 1. The first-order valence-corrected chi connectivity index (χ1v) is 8.87. The number of carbonyl (C=O) groups is 1. The highest BCUT2D eigenvalue weighted by Crippen LogP contribution is 2.31. The van der Waals surface area contributed by atoms with Crippen LogP contribution in [-0.2, 0) is 4.74 Å². The highest BCUT2D eigenvalue weighted by Gasteiger charge is 2.22. The normalized spacial score (nSPS) is 16.4. The molecule has 1 aromatic heterocycles. The van der Waals surface area contributed by atoms with Gasteiger partial charge in [-0.2, -0.15) is 0 Å². The lowest BCUT2D eigenvalue weighted by molar-refractivity contribution is 0.102. The molecule has 2 aromatic carbocycles. The molecule has 6 nitrogen and oxygen atoms in total. The van der Waals surface area contributed by atoms with Crippen molar-refractivity contribution in [3.63, 3.8) is 0 Å². The number of amides is 1. The molecule has 1 saturated heterocycles. The summed E-state index contributed by atoms with van der Waals surface area (Å²) in [5, 5.41) is 3.67. The van der Waals surface area contributed by atoms with Crippen molar-refractivity contribution in [1.29, 1.82) is 0 Å². The first-order valence-electron chi connectivity index (χ1n) is 8.87. The Kier molecular flexibility index (Phi) is 4.73. The Morgan fingerprint density at radius 1 is 1.22 bits per heavy atom. The summed E-state index contributed by atoms with van der Waals surface area (Å²) in [4.78, 5) is 13.0. The Bertz CT molecular complexity index is 972. The lowest BCUT2D eigenvalue weighted by atomic mass is 10.1. The zero-order valence-corrected chi connectivity index (χ0v) is 15.3. The number of nitrogens with one attached hydrogen (secondary N) is 1. The summed E-state index contributed by atoms with van der Waals surface area (Å²) >= 11 is 0. The third-order valence-corrected chi connectivity index (χ3v) is 4.62. The molecule has 0 unspecified atom stereocenters. The molecular weight excluding hydrogens is 346 g/mol. The van der Waals surface area contributed by atoms with Crippen LogP contribution >= 0.6 is 0 Å². The average Bonchev–Trinajstić information content (AvgIpc) is 3.29. The fourth-order valence-electron chi connectivity index (χ4n) is 3.25. The summed E-state index contributed by atoms with van der Waals surface area (Å²) < 4.78 is 22.4. The van der Waals surface area contributed by atoms with Crippen LogP contribution in [0.15, 0.2) is 46.9 Å². The number of furan rings is 1. The van der Waals surface area contributed by atoms with Crippen molar-refractivity contribution >= 4 is 22.6 Å². The minimum atomic E-state index is -0.252. The van der Waals surface area contributed by atoms with Gasteiger partial charge in [0.1, 0.15) is 28.9 Å². The zero-order chi connectivity index (χ0) is 18.8. The predicted octanol–water partition coefficient (Wildman–Crippen LogP) is 4.17. The third kappa shape index (κ3) is 3.48. The van der Waals surface area contributed by atoms with Gasteiger partial charge in [0.25, 0.3) is 5.91 Å². The molecule has 0 radical (unpaired) electrons. The summed E-state index contributed by atoms with van der Waals surface area (Å²) in [6.45, 7) is 3.04. The van der Waals surface area contributed by atoms with Crippen LogP contribution in [0, 0.1) is 6.92 Å². The van der Waals surface area contributed by atoms with Crippen molar-refractivity contribution in [2.24, 2.45) is 0 Å². The van der Waals surface area contributed by atoms with Crippen LogP contribution in [0.5, 0.6) is 11.5 Å². The van der Waals surface area contributed by atoms with Gasteiger partial charge in [-0.3, -0.25) is 4.79 Å². The zero-order valence-electron chi connectivity index (χ0n) is 15.3. The number of methoxy groups -OCH3 is 1.